The Bertz CT molecular complexity index is 1480. The highest BCUT2D eigenvalue weighted by Gasteiger charge is 2.22. The lowest BCUT2D eigenvalue weighted by molar-refractivity contribution is 0.0995. The maximum atomic E-state index is 13.1. The van der Waals surface area contributed by atoms with Gasteiger partial charge in [0.1, 0.15) is 5.69 Å². The molecule has 0 saturated heterocycles. The number of benzene rings is 2. The topological polar surface area (TPSA) is 104 Å². The minimum atomic E-state index is -0.550. The molecular formula is C22H15ClN4O3. The summed E-state index contributed by atoms with van der Waals surface area (Å²) in [5, 5.41) is 4.05. The number of aromatic amines is 2. The zero-order valence-electron chi connectivity index (χ0n) is 15.7. The molecule has 0 saturated carbocycles. The normalized spacial score (nSPS) is 11.3. The summed E-state index contributed by atoms with van der Waals surface area (Å²) in [6.07, 6.45) is 1.19. The van der Waals surface area contributed by atoms with Crippen LogP contribution in [0, 0.1) is 6.92 Å². The van der Waals surface area contributed by atoms with Crippen molar-refractivity contribution in [1.82, 2.24) is 15.0 Å². The number of nitrogens with zero attached hydrogens (tertiary/aromatic N) is 1. The predicted octanol–water partition coefficient (Wildman–Crippen LogP) is 4.88. The summed E-state index contributed by atoms with van der Waals surface area (Å²) in [5.74, 6) is -0.497. The van der Waals surface area contributed by atoms with Gasteiger partial charge in [0.05, 0.1) is 16.7 Å². The summed E-state index contributed by atoms with van der Waals surface area (Å²) < 4.78 is 5.17. The number of aryl methyl sites for hydroxylation is 1. The molecule has 3 N–H and O–H groups in total. The number of halogens is 1. The summed E-state index contributed by atoms with van der Waals surface area (Å²) in [4.78, 5) is 36.0. The van der Waals surface area contributed by atoms with Gasteiger partial charge in [0.15, 0.2) is 6.39 Å². The highest BCUT2D eigenvalue weighted by Crippen LogP contribution is 2.36. The Morgan fingerprint density at radius 1 is 1.10 bits per heavy atom. The van der Waals surface area contributed by atoms with Crippen LogP contribution in [0.25, 0.3) is 33.1 Å². The van der Waals surface area contributed by atoms with Crippen molar-refractivity contribution >= 4 is 45.1 Å². The number of amides is 1. The molecule has 0 radical (unpaired) electrons. The van der Waals surface area contributed by atoms with E-state index in [-0.39, 0.29) is 11.4 Å². The van der Waals surface area contributed by atoms with Gasteiger partial charge in [-0.3, -0.25) is 9.59 Å². The SMILES string of the molecule is Cc1ncoc1C(=O)Nc1c(-c2ccccc2)c2[nH]c3ccc(Cl)cc3c2[nH]c1=O. The standard InChI is InChI=1S/C22H15ClN4O3/c1-11-20(30-10-24-11)22(29)27-19-16(12-5-3-2-4-6-12)18-17(26-21(19)28)14-9-13(23)7-8-15(14)25-18/h2-10,25H,1H3,(H,26,28)(H,27,29). The van der Waals surface area contributed by atoms with E-state index < -0.39 is 11.5 Å². The molecule has 0 spiro atoms. The van der Waals surface area contributed by atoms with Gasteiger partial charge in [0.2, 0.25) is 5.76 Å². The second-order valence-corrected chi connectivity index (χ2v) is 7.29. The van der Waals surface area contributed by atoms with Crippen LogP contribution in [0.2, 0.25) is 5.02 Å². The van der Waals surface area contributed by atoms with Gasteiger partial charge >= 0.3 is 0 Å². The molecule has 0 bridgehead atoms. The monoisotopic (exact) mass is 418 g/mol. The largest absolute Gasteiger partial charge is 0.438 e. The van der Waals surface area contributed by atoms with Crippen molar-refractivity contribution in [3.8, 4) is 11.1 Å². The van der Waals surface area contributed by atoms with Crippen LogP contribution in [0.3, 0.4) is 0 Å². The summed E-state index contributed by atoms with van der Waals surface area (Å²) in [6, 6.07) is 14.8. The lowest BCUT2D eigenvalue weighted by atomic mass is 10.0. The third-order valence-electron chi connectivity index (χ3n) is 4.98. The van der Waals surface area contributed by atoms with Gasteiger partial charge in [-0.25, -0.2) is 4.98 Å². The number of hydrogen-bond donors (Lipinski definition) is 3. The molecule has 0 aliphatic heterocycles. The van der Waals surface area contributed by atoms with Crippen molar-refractivity contribution in [2.75, 3.05) is 5.32 Å². The molecule has 1 amide bonds. The van der Waals surface area contributed by atoms with E-state index in [2.05, 4.69) is 20.3 Å². The molecule has 5 aromatic rings. The number of oxazole rings is 1. The van der Waals surface area contributed by atoms with Crippen LogP contribution in [0.15, 0.2) is 64.1 Å². The van der Waals surface area contributed by atoms with Gasteiger partial charge in [-0.05, 0) is 30.7 Å². The first-order chi connectivity index (χ1) is 14.5. The van der Waals surface area contributed by atoms with Crippen LogP contribution in [0.4, 0.5) is 5.69 Å². The van der Waals surface area contributed by atoms with Crippen LogP contribution >= 0.6 is 11.6 Å². The highest BCUT2D eigenvalue weighted by atomic mass is 35.5. The van der Waals surface area contributed by atoms with E-state index in [1.807, 2.05) is 36.4 Å². The fourth-order valence-corrected chi connectivity index (χ4v) is 3.77. The number of rotatable bonds is 3. The molecule has 0 aliphatic carbocycles. The van der Waals surface area contributed by atoms with E-state index in [0.717, 1.165) is 16.5 Å². The molecule has 0 aliphatic rings. The zero-order valence-corrected chi connectivity index (χ0v) is 16.5. The number of anilines is 1. The van der Waals surface area contributed by atoms with Gasteiger partial charge in [-0.2, -0.15) is 0 Å². The van der Waals surface area contributed by atoms with E-state index >= 15 is 0 Å². The van der Waals surface area contributed by atoms with Crippen LogP contribution in [0.1, 0.15) is 16.2 Å². The maximum absolute atomic E-state index is 13.1. The smallest absolute Gasteiger partial charge is 0.293 e. The number of hydrogen-bond acceptors (Lipinski definition) is 4. The molecule has 0 unspecified atom stereocenters. The molecular weight excluding hydrogens is 404 g/mol. The van der Waals surface area contributed by atoms with Gasteiger partial charge in [0, 0.05) is 21.5 Å². The number of H-pyrrole nitrogens is 2. The summed E-state index contributed by atoms with van der Waals surface area (Å²) in [6.45, 7) is 1.66. The van der Waals surface area contributed by atoms with E-state index in [9.17, 15) is 9.59 Å². The summed E-state index contributed by atoms with van der Waals surface area (Å²) >= 11 is 6.17. The fraction of sp³-hybridized carbons (Fsp3) is 0.0455. The van der Waals surface area contributed by atoms with Crippen LogP contribution in [-0.4, -0.2) is 20.9 Å². The third kappa shape index (κ3) is 2.87. The molecule has 3 aromatic heterocycles. The summed E-state index contributed by atoms with van der Waals surface area (Å²) in [7, 11) is 0. The second-order valence-electron chi connectivity index (χ2n) is 6.86. The first-order valence-corrected chi connectivity index (χ1v) is 9.55. The lowest BCUT2D eigenvalue weighted by Crippen LogP contribution is -2.21. The van der Waals surface area contributed by atoms with Gasteiger partial charge in [0.25, 0.3) is 11.5 Å². The Kier molecular flexibility index (Phi) is 4.18. The molecule has 148 valence electrons. The number of fused-ring (bicyclic) bond motifs is 3. The van der Waals surface area contributed by atoms with E-state index in [0.29, 0.717) is 27.3 Å². The quantitative estimate of drug-likeness (QED) is 0.388. The highest BCUT2D eigenvalue weighted by molar-refractivity contribution is 6.32. The van der Waals surface area contributed by atoms with Gasteiger partial charge in [-0.1, -0.05) is 41.9 Å². The Morgan fingerprint density at radius 2 is 1.90 bits per heavy atom. The van der Waals surface area contributed by atoms with E-state index in [1.165, 1.54) is 6.39 Å². The Morgan fingerprint density at radius 3 is 2.63 bits per heavy atom. The predicted molar refractivity (Wildman–Crippen MR) is 116 cm³/mol. The molecule has 7 nitrogen and oxygen atoms in total. The molecule has 30 heavy (non-hydrogen) atoms. The average Bonchev–Trinajstić information content (AvgIpc) is 3.32. The van der Waals surface area contributed by atoms with E-state index in [1.54, 1.807) is 19.1 Å². The molecule has 5 rings (SSSR count). The fourth-order valence-electron chi connectivity index (χ4n) is 3.60. The Balaban J connectivity index is 1.80. The zero-order chi connectivity index (χ0) is 20.8. The second kappa shape index (κ2) is 6.89. The van der Waals surface area contributed by atoms with Crippen molar-refractivity contribution in [3.05, 3.63) is 81.8 Å². The average molecular weight is 419 g/mol. The summed E-state index contributed by atoms with van der Waals surface area (Å²) in [5.41, 5.74) is 3.58. The minimum Gasteiger partial charge on any atom is -0.438 e. The minimum absolute atomic E-state index is 0.0527. The number of carbonyl (C=O) groups excluding carboxylic acids is 1. The lowest BCUT2D eigenvalue weighted by Gasteiger charge is -2.11. The molecule has 0 atom stereocenters. The maximum Gasteiger partial charge on any atom is 0.293 e. The molecule has 2 aromatic carbocycles. The van der Waals surface area contributed by atoms with Crippen molar-refractivity contribution in [2.24, 2.45) is 0 Å². The van der Waals surface area contributed by atoms with Crippen molar-refractivity contribution in [3.63, 3.8) is 0 Å². The number of pyridine rings is 1. The molecule has 0 fully saturated rings. The van der Waals surface area contributed by atoms with Crippen molar-refractivity contribution in [1.29, 1.82) is 0 Å². The first-order valence-electron chi connectivity index (χ1n) is 9.17. The van der Waals surface area contributed by atoms with Gasteiger partial charge in [-0.15, -0.1) is 0 Å². The number of carbonyl (C=O) groups is 1. The number of nitrogens with one attached hydrogen (secondary N) is 3. The van der Waals surface area contributed by atoms with Crippen molar-refractivity contribution in [2.45, 2.75) is 6.92 Å². The number of aromatic nitrogens is 3. The first kappa shape index (κ1) is 18.2. The van der Waals surface area contributed by atoms with Crippen LogP contribution in [-0.2, 0) is 0 Å². The van der Waals surface area contributed by atoms with Crippen LogP contribution < -0.4 is 10.9 Å². The van der Waals surface area contributed by atoms with Crippen LogP contribution in [0.5, 0.6) is 0 Å². The van der Waals surface area contributed by atoms with Gasteiger partial charge < -0.3 is 19.7 Å². The Labute approximate surface area is 174 Å². The Hall–Kier alpha value is -3.84. The third-order valence-corrected chi connectivity index (χ3v) is 5.21. The molecule has 3 heterocycles. The van der Waals surface area contributed by atoms with Crippen molar-refractivity contribution < 1.29 is 9.21 Å². The molecule has 8 heteroatoms. The van der Waals surface area contributed by atoms with E-state index in [4.69, 9.17) is 16.0 Å².